The molecule has 0 aliphatic heterocycles. The third-order valence-electron chi connectivity index (χ3n) is 7.06. The number of hydrogen-bond donors (Lipinski definition) is 3. The van der Waals surface area contributed by atoms with Gasteiger partial charge in [0.1, 0.15) is 17.2 Å². The monoisotopic (exact) mass is 550 g/mol. The van der Waals surface area contributed by atoms with Gasteiger partial charge in [0.25, 0.3) is 5.91 Å². The zero-order chi connectivity index (χ0) is 28.1. The smallest absolute Gasteiger partial charge is 0.455 e. The number of hydrogen-bond acceptors (Lipinski definition) is 6. The van der Waals surface area contributed by atoms with Gasteiger partial charge in [0, 0.05) is 24.1 Å². The highest BCUT2D eigenvalue weighted by Crippen LogP contribution is 2.48. The molecule has 8 nitrogen and oxygen atoms in total. The second kappa shape index (κ2) is 10.1. The number of carbonyl (C=O) groups excluding carboxylic acids is 1. The van der Waals surface area contributed by atoms with Crippen LogP contribution in [0.4, 0.5) is 10.1 Å². The van der Waals surface area contributed by atoms with E-state index in [2.05, 4.69) is 5.32 Å². The van der Waals surface area contributed by atoms with Crippen molar-refractivity contribution in [3.05, 3.63) is 82.7 Å². The van der Waals surface area contributed by atoms with E-state index in [4.69, 9.17) is 4.42 Å². The molecule has 0 bridgehead atoms. The fourth-order valence-corrected chi connectivity index (χ4v) is 5.72. The summed E-state index contributed by atoms with van der Waals surface area (Å²) in [5, 5.41) is 22.2. The van der Waals surface area contributed by atoms with Gasteiger partial charge in [-0.1, -0.05) is 18.2 Å². The van der Waals surface area contributed by atoms with Crippen LogP contribution >= 0.6 is 0 Å². The third-order valence-corrected chi connectivity index (χ3v) is 8.19. The molecule has 1 aromatic heterocycles. The fraction of sp³-hybridized carbons (Fsp3) is 0.250. The van der Waals surface area contributed by atoms with Crippen LogP contribution in [0, 0.1) is 12.7 Å². The van der Waals surface area contributed by atoms with Crippen LogP contribution in [0.25, 0.3) is 22.3 Å². The maximum absolute atomic E-state index is 13.6. The lowest BCUT2D eigenvalue weighted by atomic mass is 9.79. The Morgan fingerprint density at radius 1 is 1.13 bits per heavy atom. The molecule has 1 amide bonds. The highest BCUT2D eigenvalue weighted by Gasteiger charge is 2.33. The minimum atomic E-state index is -3.77. The normalized spacial score (nSPS) is 13.5. The first kappa shape index (κ1) is 26.9. The van der Waals surface area contributed by atoms with Crippen molar-refractivity contribution in [2.75, 3.05) is 17.6 Å². The number of benzene rings is 3. The van der Waals surface area contributed by atoms with Gasteiger partial charge in [-0.3, -0.25) is 9.10 Å². The van der Waals surface area contributed by atoms with E-state index in [1.165, 1.54) is 35.6 Å². The maximum atomic E-state index is 13.6. The van der Waals surface area contributed by atoms with E-state index in [-0.39, 0.29) is 24.1 Å². The average Bonchev–Trinajstić information content (AvgIpc) is 3.67. The van der Waals surface area contributed by atoms with Crippen molar-refractivity contribution in [2.45, 2.75) is 32.2 Å². The lowest BCUT2D eigenvalue weighted by molar-refractivity contribution is 0.0964. The van der Waals surface area contributed by atoms with Crippen molar-refractivity contribution < 1.29 is 32.1 Å². The summed E-state index contributed by atoms with van der Waals surface area (Å²) in [4.78, 5) is 13.0. The van der Waals surface area contributed by atoms with Gasteiger partial charge in [-0.2, -0.15) is 0 Å². The summed E-state index contributed by atoms with van der Waals surface area (Å²) in [7, 11) is -3.88. The van der Waals surface area contributed by atoms with Gasteiger partial charge < -0.3 is 19.8 Å². The Morgan fingerprint density at radius 2 is 1.82 bits per heavy atom. The van der Waals surface area contributed by atoms with Crippen LogP contribution in [-0.2, 0) is 16.6 Å². The van der Waals surface area contributed by atoms with Crippen LogP contribution < -0.4 is 15.1 Å². The lowest BCUT2D eigenvalue weighted by Gasteiger charge is -2.26. The molecule has 1 heterocycles. The molecule has 5 rings (SSSR count). The number of anilines is 1. The first-order chi connectivity index (χ1) is 18.5. The second-order valence-corrected chi connectivity index (χ2v) is 11.8. The molecular weight excluding hydrogens is 522 g/mol. The lowest BCUT2D eigenvalue weighted by Crippen LogP contribution is -2.32. The van der Waals surface area contributed by atoms with Gasteiger partial charge in [-0.05, 0) is 78.2 Å². The van der Waals surface area contributed by atoms with E-state index >= 15 is 0 Å². The Bertz CT molecular complexity index is 1680. The first-order valence-corrected chi connectivity index (χ1v) is 14.3. The molecule has 1 fully saturated rings. The number of fused-ring (bicyclic) bond motifs is 1. The van der Waals surface area contributed by atoms with Crippen LogP contribution in [0.15, 0.2) is 59.0 Å². The molecule has 11 heteroatoms. The molecule has 39 heavy (non-hydrogen) atoms. The van der Waals surface area contributed by atoms with Gasteiger partial charge in [-0.25, -0.2) is 12.8 Å². The van der Waals surface area contributed by atoms with Gasteiger partial charge in [0.15, 0.2) is 0 Å². The summed E-state index contributed by atoms with van der Waals surface area (Å²) < 4.78 is 47.4. The molecule has 3 N–H and O–H groups in total. The molecule has 1 saturated carbocycles. The number of carbonyl (C=O) groups is 1. The predicted molar refractivity (Wildman–Crippen MR) is 149 cm³/mol. The number of furan rings is 1. The number of rotatable bonds is 8. The first-order valence-electron chi connectivity index (χ1n) is 12.5. The summed E-state index contributed by atoms with van der Waals surface area (Å²) >= 11 is 0. The van der Waals surface area contributed by atoms with Crippen molar-refractivity contribution in [2.24, 2.45) is 0 Å². The molecule has 0 atom stereocenters. The number of nitrogens with one attached hydrogen (secondary N) is 1. The Hall–Kier alpha value is -3.67. The van der Waals surface area contributed by atoms with E-state index in [0.717, 1.165) is 24.7 Å². The molecule has 0 radical (unpaired) electrons. The standard InChI is InChI=1S/C28H28BFN2O6S/c1-16-12-20(29(34)35)9-6-19(16)15-32(39(3,36)37)24-14-25-23(13-22(24)17-4-5-17)26(28(33)31-2)27(38-25)18-7-10-21(30)11-8-18/h6-14,17,34-35H,4-5,15H2,1-3H3,(H,31,33). The van der Waals surface area contributed by atoms with Crippen molar-refractivity contribution >= 4 is 45.2 Å². The van der Waals surface area contributed by atoms with Crippen LogP contribution in [-0.4, -0.2) is 44.8 Å². The van der Waals surface area contributed by atoms with Crippen LogP contribution in [0.2, 0.25) is 0 Å². The summed E-state index contributed by atoms with van der Waals surface area (Å²) in [6, 6.07) is 14.0. The van der Waals surface area contributed by atoms with Gasteiger partial charge in [-0.15, -0.1) is 0 Å². The van der Waals surface area contributed by atoms with Crippen molar-refractivity contribution in [3.8, 4) is 11.3 Å². The minimum Gasteiger partial charge on any atom is -0.455 e. The molecule has 4 aromatic rings. The zero-order valence-corrected chi connectivity index (χ0v) is 22.5. The highest BCUT2D eigenvalue weighted by molar-refractivity contribution is 7.92. The maximum Gasteiger partial charge on any atom is 0.488 e. The number of halogens is 1. The van der Waals surface area contributed by atoms with Crippen molar-refractivity contribution in [1.82, 2.24) is 5.32 Å². The predicted octanol–water partition coefficient (Wildman–Crippen LogP) is 3.43. The number of aryl methyl sites for hydroxylation is 1. The van der Waals surface area contributed by atoms with Crippen LogP contribution in [0.1, 0.15) is 45.8 Å². The Morgan fingerprint density at radius 3 is 2.38 bits per heavy atom. The minimum absolute atomic E-state index is 0.0194. The molecular formula is C28H28BFN2O6S. The number of nitrogens with zero attached hydrogens (tertiary/aromatic N) is 1. The molecule has 0 spiro atoms. The number of amides is 1. The van der Waals surface area contributed by atoms with Gasteiger partial charge >= 0.3 is 7.12 Å². The Labute approximate surface area is 226 Å². The molecule has 1 aliphatic rings. The van der Waals surface area contributed by atoms with Crippen LogP contribution in [0.5, 0.6) is 0 Å². The summed E-state index contributed by atoms with van der Waals surface area (Å²) in [6.07, 6.45) is 2.91. The molecule has 0 unspecified atom stereocenters. The van der Waals surface area contributed by atoms with E-state index < -0.39 is 23.0 Å². The molecule has 1 aliphatic carbocycles. The highest BCUT2D eigenvalue weighted by atomic mass is 32.2. The zero-order valence-electron chi connectivity index (χ0n) is 21.7. The third kappa shape index (κ3) is 5.30. The number of sulfonamides is 1. The molecule has 3 aromatic carbocycles. The SMILES string of the molecule is CNC(=O)c1c(-c2ccc(F)cc2)oc2cc(N(Cc3ccc(B(O)O)cc3C)S(C)(=O)=O)c(C3CC3)cc12. The topological polar surface area (TPSA) is 120 Å². The summed E-state index contributed by atoms with van der Waals surface area (Å²) in [5.41, 5.74) is 4.12. The summed E-state index contributed by atoms with van der Waals surface area (Å²) in [6.45, 7) is 1.80. The van der Waals surface area contributed by atoms with E-state index in [1.54, 1.807) is 31.2 Å². The van der Waals surface area contributed by atoms with Gasteiger partial charge in [0.05, 0.1) is 24.1 Å². The largest absolute Gasteiger partial charge is 0.488 e. The Kier molecular flexibility index (Phi) is 7.00. The quantitative estimate of drug-likeness (QED) is 0.289. The van der Waals surface area contributed by atoms with E-state index in [1.807, 2.05) is 6.07 Å². The summed E-state index contributed by atoms with van der Waals surface area (Å²) in [5.74, 6) is -0.397. The van der Waals surface area contributed by atoms with E-state index in [0.29, 0.717) is 44.4 Å². The van der Waals surface area contributed by atoms with Crippen LogP contribution in [0.3, 0.4) is 0 Å². The van der Waals surface area contributed by atoms with Crippen molar-refractivity contribution in [3.63, 3.8) is 0 Å². The Balaban J connectivity index is 1.70. The van der Waals surface area contributed by atoms with E-state index in [9.17, 15) is 27.7 Å². The fourth-order valence-electron chi connectivity index (χ4n) is 4.83. The van der Waals surface area contributed by atoms with Gasteiger partial charge in [0.2, 0.25) is 10.0 Å². The van der Waals surface area contributed by atoms with Crippen molar-refractivity contribution in [1.29, 1.82) is 0 Å². The molecule has 0 saturated heterocycles. The molecule has 202 valence electrons. The average molecular weight is 550 g/mol. The second-order valence-electron chi connectivity index (χ2n) is 9.90.